The molecule has 0 aliphatic heterocycles. The van der Waals surface area contributed by atoms with Gasteiger partial charge in [0.15, 0.2) is 0 Å². The van der Waals surface area contributed by atoms with Gasteiger partial charge in [0.05, 0.1) is 16.7 Å². The first-order valence-electron chi connectivity index (χ1n) is 5.49. The van der Waals surface area contributed by atoms with Gasteiger partial charge >= 0.3 is 0 Å². The Kier molecular flexibility index (Phi) is 3.31. The quantitative estimate of drug-likeness (QED) is 0.680. The summed E-state index contributed by atoms with van der Waals surface area (Å²) < 4.78 is 0. The van der Waals surface area contributed by atoms with E-state index < -0.39 is 0 Å². The van der Waals surface area contributed by atoms with Crippen molar-refractivity contribution in [3.63, 3.8) is 0 Å². The van der Waals surface area contributed by atoms with Gasteiger partial charge in [-0.1, -0.05) is 35.0 Å². The molecule has 3 N–H and O–H groups in total. The van der Waals surface area contributed by atoms with Gasteiger partial charge in [-0.25, -0.2) is 0 Å². The third-order valence-corrected chi connectivity index (χ3v) is 4.49. The summed E-state index contributed by atoms with van der Waals surface area (Å²) in [7, 11) is 0. The van der Waals surface area contributed by atoms with Crippen LogP contribution in [0.25, 0.3) is 10.9 Å². The number of nitrogens with two attached hydrogens (primary N) is 1. The monoisotopic (exact) mass is 309 g/mol. The average molecular weight is 310 g/mol. The molecule has 1 aromatic heterocycles. The van der Waals surface area contributed by atoms with Gasteiger partial charge in [0.25, 0.3) is 0 Å². The maximum Gasteiger partial charge on any atom is 0.0663 e. The zero-order valence-corrected chi connectivity index (χ0v) is 12.0. The van der Waals surface area contributed by atoms with Crippen LogP contribution in [-0.2, 0) is 0 Å². The van der Waals surface area contributed by atoms with Crippen LogP contribution in [0.5, 0.6) is 0 Å². The number of anilines is 1. The van der Waals surface area contributed by atoms with Crippen molar-refractivity contribution in [2.45, 2.75) is 9.79 Å². The highest BCUT2D eigenvalue weighted by molar-refractivity contribution is 7.99. The van der Waals surface area contributed by atoms with Crippen molar-refractivity contribution in [1.82, 2.24) is 10.2 Å². The Morgan fingerprint density at radius 2 is 1.95 bits per heavy atom. The van der Waals surface area contributed by atoms with Crippen LogP contribution in [0.3, 0.4) is 0 Å². The molecule has 2 aromatic carbocycles. The lowest BCUT2D eigenvalue weighted by molar-refractivity contribution is 1.12. The Hall–Kier alpha value is -1.36. The largest absolute Gasteiger partial charge is 0.398 e. The molecule has 0 spiro atoms. The van der Waals surface area contributed by atoms with E-state index in [2.05, 4.69) is 10.2 Å². The predicted octanol–water partition coefficient (Wildman–Crippen LogP) is 4.60. The molecule has 0 fully saturated rings. The highest BCUT2D eigenvalue weighted by Crippen LogP contribution is 2.38. The number of hydrogen-bond acceptors (Lipinski definition) is 3. The van der Waals surface area contributed by atoms with E-state index in [-0.39, 0.29) is 0 Å². The molecule has 96 valence electrons. The molecule has 6 heteroatoms. The van der Waals surface area contributed by atoms with Gasteiger partial charge in [-0.2, -0.15) is 5.10 Å². The number of aromatic amines is 1. The first kappa shape index (κ1) is 12.7. The average Bonchev–Trinajstić information content (AvgIpc) is 2.81. The van der Waals surface area contributed by atoms with Gasteiger partial charge in [-0.05, 0) is 30.3 Å². The fourth-order valence-corrected chi connectivity index (χ4v) is 3.16. The summed E-state index contributed by atoms with van der Waals surface area (Å²) >= 11 is 13.6. The van der Waals surface area contributed by atoms with Gasteiger partial charge in [0.2, 0.25) is 0 Å². The summed E-state index contributed by atoms with van der Waals surface area (Å²) in [5, 5.41) is 9.19. The molecule has 19 heavy (non-hydrogen) atoms. The molecule has 0 radical (unpaired) electrons. The number of nitrogens with one attached hydrogen (secondary N) is 1. The lowest BCUT2D eigenvalue weighted by Gasteiger charge is -2.07. The topological polar surface area (TPSA) is 54.7 Å². The first-order valence-corrected chi connectivity index (χ1v) is 7.06. The van der Waals surface area contributed by atoms with E-state index >= 15 is 0 Å². The van der Waals surface area contributed by atoms with Crippen molar-refractivity contribution in [3.8, 4) is 0 Å². The molecule has 0 saturated heterocycles. The van der Waals surface area contributed by atoms with Gasteiger partial charge in [0.1, 0.15) is 0 Å². The molecule has 0 amide bonds. The highest BCUT2D eigenvalue weighted by Gasteiger charge is 2.09. The summed E-state index contributed by atoms with van der Waals surface area (Å²) in [6.45, 7) is 0. The molecule has 0 unspecified atom stereocenters. The molecular weight excluding hydrogens is 301 g/mol. The predicted molar refractivity (Wildman–Crippen MR) is 81.1 cm³/mol. The molecule has 0 atom stereocenters. The minimum absolute atomic E-state index is 0.646. The van der Waals surface area contributed by atoms with Crippen LogP contribution in [0.4, 0.5) is 5.69 Å². The van der Waals surface area contributed by atoms with Crippen LogP contribution in [0.1, 0.15) is 0 Å². The number of aromatic nitrogens is 2. The third kappa shape index (κ3) is 2.52. The first-order chi connectivity index (χ1) is 9.13. The Labute approximate surface area is 124 Å². The van der Waals surface area contributed by atoms with E-state index in [0.29, 0.717) is 15.7 Å². The van der Waals surface area contributed by atoms with Gasteiger partial charge in [-0.3, -0.25) is 5.10 Å². The number of halogens is 2. The third-order valence-electron chi connectivity index (χ3n) is 2.68. The molecule has 1 heterocycles. The van der Waals surface area contributed by atoms with Gasteiger partial charge in [-0.15, -0.1) is 0 Å². The number of nitrogen functional groups attached to an aromatic ring is 1. The van der Waals surface area contributed by atoms with Gasteiger partial charge in [0, 0.05) is 25.9 Å². The smallest absolute Gasteiger partial charge is 0.0663 e. The number of nitrogens with zero attached hydrogens (tertiary/aromatic N) is 1. The minimum atomic E-state index is 0.646. The minimum Gasteiger partial charge on any atom is -0.398 e. The van der Waals surface area contributed by atoms with E-state index in [9.17, 15) is 0 Å². The van der Waals surface area contributed by atoms with Crippen LogP contribution in [0.2, 0.25) is 10.0 Å². The van der Waals surface area contributed by atoms with E-state index in [0.717, 1.165) is 20.7 Å². The second kappa shape index (κ2) is 4.96. The van der Waals surface area contributed by atoms with Gasteiger partial charge < -0.3 is 5.73 Å². The van der Waals surface area contributed by atoms with Crippen molar-refractivity contribution in [1.29, 1.82) is 0 Å². The normalized spacial score (nSPS) is 11.1. The highest BCUT2D eigenvalue weighted by atomic mass is 35.5. The molecule has 0 saturated carbocycles. The SMILES string of the molecule is Nc1cc2cn[nH]c2cc1Sc1cc(Cl)ccc1Cl. The standard InChI is InChI=1S/C13H9Cl2N3S/c14-8-1-2-9(15)12(4-8)19-13-5-11-7(3-10(13)16)6-17-18-11/h1-6H,16H2,(H,17,18). The Morgan fingerprint density at radius 1 is 1.11 bits per heavy atom. The molecule has 3 nitrogen and oxygen atoms in total. The Morgan fingerprint density at radius 3 is 2.79 bits per heavy atom. The van der Waals surface area contributed by atoms with E-state index in [1.807, 2.05) is 18.2 Å². The summed E-state index contributed by atoms with van der Waals surface area (Å²) in [4.78, 5) is 1.79. The Balaban J connectivity index is 2.04. The van der Waals surface area contributed by atoms with E-state index in [1.54, 1.807) is 18.3 Å². The molecule has 3 rings (SSSR count). The molecule has 0 bridgehead atoms. The fraction of sp³-hybridized carbons (Fsp3) is 0. The summed E-state index contributed by atoms with van der Waals surface area (Å²) in [5.74, 6) is 0. The number of benzene rings is 2. The van der Waals surface area contributed by atoms with Crippen LogP contribution >= 0.6 is 35.0 Å². The molecule has 0 aliphatic carbocycles. The van der Waals surface area contributed by atoms with Crippen molar-refractivity contribution in [2.24, 2.45) is 0 Å². The second-order valence-corrected chi connectivity index (χ2v) is 5.95. The second-order valence-electron chi connectivity index (χ2n) is 4.02. The maximum atomic E-state index is 6.16. The van der Waals surface area contributed by atoms with Crippen molar-refractivity contribution in [3.05, 3.63) is 46.6 Å². The fourth-order valence-electron chi connectivity index (χ4n) is 1.75. The summed E-state index contributed by atoms with van der Waals surface area (Å²) in [6.07, 6.45) is 1.74. The summed E-state index contributed by atoms with van der Waals surface area (Å²) in [5.41, 5.74) is 7.67. The van der Waals surface area contributed by atoms with E-state index in [4.69, 9.17) is 28.9 Å². The Bertz CT molecular complexity index is 755. The van der Waals surface area contributed by atoms with Crippen LogP contribution in [0, 0.1) is 0 Å². The summed E-state index contributed by atoms with van der Waals surface area (Å²) in [6, 6.07) is 9.21. The number of fused-ring (bicyclic) bond motifs is 1. The molecule has 3 aromatic rings. The van der Waals surface area contributed by atoms with Crippen LogP contribution < -0.4 is 5.73 Å². The lowest BCUT2D eigenvalue weighted by atomic mass is 10.2. The number of H-pyrrole nitrogens is 1. The van der Waals surface area contributed by atoms with Crippen molar-refractivity contribution in [2.75, 3.05) is 5.73 Å². The maximum absolute atomic E-state index is 6.16. The zero-order valence-electron chi connectivity index (χ0n) is 9.65. The van der Waals surface area contributed by atoms with Crippen molar-refractivity contribution < 1.29 is 0 Å². The van der Waals surface area contributed by atoms with E-state index in [1.165, 1.54) is 11.8 Å². The van der Waals surface area contributed by atoms with Crippen LogP contribution in [0.15, 0.2) is 46.3 Å². The zero-order chi connectivity index (χ0) is 13.4. The number of rotatable bonds is 2. The lowest BCUT2D eigenvalue weighted by Crippen LogP contribution is -1.88. The molecule has 0 aliphatic rings. The number of hydrogen-bond donors (Lipinski definition) is 2. The van der Waals surface area contributed by atoms with Crippen LogP contribution in [-0.4, -0.2) is 10.2 Å². The molecular formula is C13H9Cl2N3S. The van der Waals surface area contributed by atoms with Crippen molar-refractivity contribution >= 4 is 51.6 Å².